The number of aromatic nitrogens is 1. The number of nitro groups is 1. The van der Waals surface area contributed by atoms with E-state index in [1.165, 1.54) is 6.20 Å². The number of carbonyl (C=O) groups is 1. The number of carboxylic acid groups (broad SMARTS) is 1. The zero-order chi connectivity index (χ0) is 15.7. The van der Waals surface area contributed by atoms with Crippen LogP contribution in [0.15, 0.2) is 10.7 Å². The third-order valence-electron chi connectivity index (χ3n) is 3.84. The maximum Gasteiger partial charge on any atom is 0.326 e. The van der Waals surface area contributed by atoms with E-state index in [0.717, 1.165) is 6.42 Å². The molecule has 0 amide bonds. The highest BCUT2D eigenvalue weighted by atomic mass is 79.9. The Bertz CT molecular complexity index is 593. The first-order chi connectivity index (χ1) is 9.82. The van der Waals surface area contributed by atoms with Crippen LogP contribution in [0.1, 0.15) is 25.3 Å². The maximum absolute atomic E-state index is 11.5. The molecule has 8 heteroatoms. The fourth-order valence-electron chi connectivity index (χ4n) is 2.57. The van der Waals surface area contributed by atoms with Crippen LogP contribution in [0.4, 0.5) is 11.5 Å². The van der Waals surface area contributed by atoms with E-state index >= 15 is 0 Å². The van der Waals surface area contributed by atoms with Gasteiger partial charge < -0.3 is 10.0 Å². The molecule has 0 aliphatic carbocycles. The van der Waals surface area contributed by atoms with Crippen molar-refractivity contribution in [1.29, 1.82) is 0 Å². The number of halogens is 1. The van der Waals surface area contributed by atoms with Gasteiger partial charge in [-0.25, -0.2) is 9.78 Å². The average molecular weight is 358 g/mol. The van der Waals surface area contributed by atoms with Gasteiger partial charge in [0, 0.05) is 12.1 Å². The summed E-state index contributed by atoms with van der Waals surface area (Å²) in [5, 5.41) is 20.3. The average Bonchev–Trinajstić information content (AvgIpc) is 2.41. The number of aliphatic carboxylic acids is 1. The summed E-state index contributed by atoms with van der Waals surface area (Å²) >= 11 is 3.33. The monoisotopic (exact) mass is 357 g/mol. The molecule has 0 bridgehead atoms. The number of rotatable bonds is 3. The summed E-state index contributed by atoms with van der Waals surface area (Å²) in [4.78, 5) is 27.7. The molecule has 0 spiro atoms. The van der Waals surface area contributed by atoms with E-state index in [1.54, 1.807) is 11.8 Å². The van der Waals surface area contributed by atoms with E-state index < -0.39 is 16.9 Å². The normalized spacial score (nSPS) is 22.1. The second-order valence-electron chi connectivity index (χ2n) is 5.34. The molecular formula is C13H16BrN3O4. The van der Waals surface area contributed by atoms with Crippen molar-refractivity contribution < 1.29 is 14.8 Å². The second-order valence-corrected chi connectivity index (χ2v) is 6.13. The number of nitrogens with zero attached hydrogens (tertiary/aromatic N) is 3. The number of carboxylic acids is 1. The smallest absolute Gasteiger partial charge is 0.326 e. The molecule has 1 aromatic heterocycles. The molecule has 1 aliphatic rings. The lowest BCUT2D eigenvalue weighted by molar-refractivity contribution is -0.385. The van der Waals surface area contributed by atoms with Crippen LogP contribution < -0.4 is 4.90 Å². The Morgan fingerprint density at radius 3 is 2.86 bits per heavy atom. The Hall–Kier alpha value is -1.70. The minimum atomic E-state index is -0.897. The summed E-state index contributed by atoms with van der Waals surface area (Å²) < 4.78 is 0.484. The van der Waals surface area contributed by atoms with Gasteiger partial charge in [-0.15, -0.1) is 0 Å². The predicted octanol–water partition coefficient (Wildman–Crippen LogP) is 2.75. The van der Waals surface area contributed by atoms with Gasteiger partial charge in [0.05, 0.1) is 9.40 Å². The van der Waals surface area contributed by atoms with Gasteiger partial charge in [0.15, 0.2) is 0 Å². The Morgan fingerprint density at radius 2 is 2.29 bits per heavy atom. The van der Waals surface area contributed by atoms with Gasteiger partial charge in [0.1, 0.15) is 18.1 Å². The second kappa shape index (κ2) is 5.97. The third kappa shape index (κ3) is 2.99. The lowest BCUT2D eigenvalue weighted by atomic mass is 9.92. The van der Waals surface area contributed by atoms with Crippen molar-refractivity contribution >= 4 is 33.4 Å². The molecule has 0 saturated carbocycles. The predicted molar refractivity (Wildman–Crippen MR) is 80.5 cm³/mol. The fourth-order valence-corrected chi connectivity index (χ4v) is 3.10. The van der Waals surface area contributed by atoms with Crippen molar-refractivity contribution in [2.75, 3.05) is 11.4 Å². The topological polar surface area (TPSA) is 96.6 Å². The van der Waals surface area contributed by atoms with Crippen LogP contribution in [0.25, 0.3) is 0 Å². The van der Waals surface area contributed by atoms with Crippen LogP contribution in [0.3, 0.4) is 0 Å². The first-order valence-electron chi connectivity index (χ1n) is 6.61. The number of anilines is 1. The number of piperidine rings is 1. The van der Waals surface area contributed by atoms with Crippen molar-refractivity contribution in [3.05, 3.63) is 26.3 Å². The van der Waals surface area contributed by atoms with Gasteiger partial charge in [0.25, 0.3) is 5.69 Å². The van der Waals surface area contributed by atoms with Crippen LogP contribution in [0.5, 0.6) is 0 Å². The summed E-state index contributed by atoms with van der Waals surface area (Å²) in [7, 11) is 0. The van der Waals surface area contributed by atoms with E-state index in [0.29, 0.717) is 34.7 Å². The Labute approximate surface area is 130 Å². The highest BCUT2D eigenvalue weighted by Crippen LogP contribution is 2.36. The molecule has 114 valence electrons. The van der Waals surface area contributed by atoms with Gasteiger partial charge in [-0.05, 0) is 41.6 Å². The van der Waals surface area contributed by atoms with Gasteiger partial charge in [-0.2, -0.15) is 0 Å². The van der Waals surface area contributed by atoms with E-state index in [4.69, 9.17) is 0 Å². The molecular weight excluding hydrogens is 342 g/mol. The molecule has 2 heterocycles. The van der Waals surface area contributed by atoms with Crippen molar-refractivity contribution in [2.24, 2.45) is 5.92 Å². The summed E-state index contributed by atoms with van der Waals surface area (Å²) in [6, 6.07) is -0.654. The first-order valence-corrected chi connectivity index (χ1v) is 7.41. The largest absolute Gasteiger partial charge is 0.480 e. The molecule has 0 aromatic carbocycles. The molecule has 0 radical (unpaired) electrons. The molecule has 2 atom stereocenters. The SMILES string of the molecule is Cc1c([N+](=O)[O-])cnc(N2CCC(C)CC2C(=O)O)c1Br. The van der Waals surface area contributed by atoms with E-state index in [2.05, 4.69) is 20.9 Å². The van der Waals surface area contributed by atoms with Gasteiger partial charge >= 0.3 is 5.97 Å². The highest BCUT2D eigenvalue weighted by Gasteiger charge is 2.34. The Morgan fingerprint density at radius 1 is 1.62 bits per heavy atom. The minimum absolute atomic E-state index is 0.0807. The zero-order valence-electron chi connectivity index (χ0n) is 11.7. The summed E-state index contributed by atoms with van der Waals surface area (Å²) in [5.41, 5.74) is 0.371. The Kier molecular flexibility index (Phi) is 4.46. The van der Waals surface area contributed by atoms with Crippen molar-refractivity contribution in [1.82, 2.24) is 4.98 Å². The lowest BCUT2D eigenvalue weighted by Gasteiger charge is -2.37. The molecule has 7 nitrogen and oxygen atoms in total. The standard InChI is InChI=1S/C13H16BrN3O4/c1-7-3-4-16(9(5-7)13(18)19)12-11(14)8(2)10(6-15-12)17(20)21/h6-7,9H,3-5H2,1-2H3,(H,18,19). The van der Waals surface area contributed by atoms with Gasteiger partial charge in [0.2, 0.25) is 0 Å². The summed E-state index contributed by atoms with van der Waals surface area (Å²) in [6.45, 7) is 4.22. The summed E-state index contributed by atoms with van der Waals surface area (Å²) in [6.07, 6.45) is 2.60. The zero-order valence-corrected chi connectivity index (χ0v) is 13.3. The van der Waals surface area contributed by atoms with Crippen molar-refractivity contribution in [2.45, 2.75) is 32.7 Å². The fraction of sp³-hybridized carbons (Fsp3) is 0.538. The van der Waals surface area contributed by atoms with Crippen LogP contribution in [0, 0.1) is 23.0 Å². The van der Waals surface area contributed by atoms with Crippen LogP contribution in [0.2, 0.25) is 0 Å². The summed E-state index contributed by atoms with van der Waals surface area (Å²) in [5.74, 6) is -0.107. The maximum atomic E-state index is 11.5. The molecule has 2 rings (SSSR count). The molecule has 1 N–H and O–H groups in total. The molecule has 2 unspecified atom stereocenters. The van der Waals surface area contributed by atoms with E-state index in [-0.39, 0.29) is 5.69 Å². The third-order valence-corrected chi connectivity index (χ3v) is 4.79. The van der Waals surface area contributed by atoms with Crippen molar-refractivity contribution in [3.8, 4) is 0 Å². The van der Waals surface area contributed by atoms with Crippen molar-refractivity contribution in [3.63, 3.8) is 0 Å². The van der Waals surface area contributed by atoms with Gasteiger partial charge in [-0.3, -0.25) is 10.1 Å². The highest BCUT2D eigenvalue weighted by molar-refractivity contribution is 9.10. The minimum Gasteiger partial charge on any atom is -0.480 e. The quantitative estimate of drug-likeness (QED) is 0.659. The van der Waals surface area contributed by atoms with Crippen LogP contribution in [-0.4, -0.2) is 33.6 Å². The van der Waals surface area contributed by atoms with Crippen LogP contribution >= 0.6 is 15.9 Å². The molecule has 1 aliphatic heterocycles. The molecule has 1 saturated heterocycles. The Balaban J connectivity index is 2.43. The molecule has 21 heavy (non-hydrogen) atoms. The molecule has 1 fully saturated rings. The lowest BCUT2D eigenvalue weighted by Crippen LogP contribution is -2.47. The first kappa shape index (κ1) is 15.7. The van der Waals surface area contributed by atoms with Gasteiger partial charge in [-0.1, -0.05) is 6.92 Å². The number of hydrogen-bond acceptors (Lipinski definition) is 5. The number of pyridine rings is 1. The number of hydrogen-bond donors (Lipinski definition) is 1. The van der Waals surface area contributed by atoms with E-state index in [1.807, 2.05) is 6.92 Å². The molecule has 1 aromatic rings. The van der Waals surface area contributed by atoms with E-state index in [9.17, 15) is 20.0 Å². The van der Waals surface area contributed by atoms with Crippen LogP contribution in [-0.2, 0) is 4.79 Å².